The summed E-state index contributed by atoms with van der Waals surface area (Å²) in [6.07, 6.45) is 14.0. The van der Waals surface area contributed by atoms with Crippen LogP contribution in [0.1, 0.15) is 78.1 Å². The minimum Gasteiger partial charge on any atom is -0.370 e. The maximum atomic E-state index is 6.41. The monoisotopic (exact) mass is 265 g/mol. The van der Waals surface area contributed by atoms with Crippen molar-refractivity contribution in [1.82, 2.24) is 5.32 Å². The topological polar surface area (TPSA) is 21.3 Å². The van der Waals surface area contributed by atoms with Crippen molar-refractivity contribution in [3.05, 3.63) is 0 Å². The fraction of sp³-hybridized carbons (Fsp3) is 1.00. The smallest absolute Gasteiger partial charge is 0.0708 e. The van der Waals surface area contributed by atoms with Crippen molar-refractivity contribution in [3.63, 3.8) is 0 Å². The summed E-state index contributed by atoms with van der Waals surface area (Å²) in [7, 11) is 0. The Kier molecular flexibility index (Phi) is 3.92. The predicted octanol–water partition coefficient (Wildman–Crippen LogP) is 4.04. The molecule has 3 aliphatic rings. The van der Waals surface area contributed by atoms with Crippen molar-refractivity contribution in [3.8, 4) is 0 Å². The Morgan fingerprint density at radius 2 is 1.68 bits per heavy atom. The predicted molar refractivity (Wildman–Crippen MR) is 79.3 cm³/mol. The van der Waals surface area contributed by atoms with Crippen LogP contribution in [0, 0.1) is 5.41 Å². The minimum absolute atomic E-state index is 0.300. The Hall–Kier alpha value is -0.0800. The van der Waals surface area contributed by atoms with Crippen molar-refractivity contribution in [1.29, 1.82) is 0 Å². The van der Waals surface area contributed by atoms with E-state index < -0.39 is 0 Å². The lowest BCUT2D eigenvalue weighted by Crippen LogP contribution is -2.46. The van der Waals surface area contributed by atoms with Gasteiger partial charge in [-0.3, -0.25) is 0 Å². The van der Waals surface area contributed by atoms with Gasteiger partial charge in [-0.1, -0.05) is 39.5 Å². The zero-order valence-electron chi connectivity index (χ0n) is 12.8. The molecular formula is C17H31NO. The second-order valence-electron chi connectivity index (χ2n) is 7.86. The van der Waals surface area contributed by atoms with Gasteiger partial charge in [-0.15, -0.1) is 0 Å². The Morgan fingerprint density at radius 1 is 0.947 bits per heavy atom. The molecule has 2 saturated carbocycles. The van der Waals surface area contributed by atoms with Crippen molar-refractivity contribution < 1.29 is 4.74 Å². The van der Waals surface area contributed by atoms with Gasteiger partial charge in [0.05, 0.1) is 11.7 Å². The Bertz CT molecular complexity index is 306. The molecule has 2 unspecified atom stereocenters. The van der Waals surface area contributed by atoms with Gasteiger partial charge >= 0.3 is 0 Å². The summed E-state index contributed by atoms with van der Waals surface area (Å²) in [5.41, 5.74) is 0.774. The molecule has 1 saturated heterocycles. The molecule has 110 valence electrons. The SMILES string of the molecule is CC1(C)CCCCC1NCC1CCC2(CCCC2)O1. The van der Waals surface area contributed by atoms with Gasteiger partial charge in [0.1, 0.15) is 0 Å². The molecule has 1 heterocycles. The molecule has 1 N–H and O–H groups in total. The van der Waals surface area contributed by atoms with E-state index in [2.05, 4.69) is 19.2 Å². The van der Waals surface area contributed by atoms with Crippen LogP contribution in [0.25, 0.3) is 0 Å². The number of ether oxygens (including phenoxy) is 1. The highest BCUT2D eigenvalue weighted by molar-refractivity contribution is 4.94. The van der Waals surface area contributed by atoms with Gasteiger partial charge in [0, 0.05) is 12.6 Å². The first-order valence-electron chi connectivity index (χ1n) is 8.51. The van der Waals surface area contributed by atoms with Crippen LogP contribution in [0.2, 0.25) is 0 Å². The van der Waals surface area contributed by atoms with Crippen molar-refractivity contribution in [2.24, 2.45) is 5.41 Å². The molecule has 0 radical (unpaired) electrons. The molecule has 2 aliphatic carbocycles. The lowest BCUT2D eigenvalue weighted by Gasteiger charge is -2.39. The maximum Gasteiger partial charge on any atom is 0.0708 e. The molecule has 19 heavy (non-hydrogen) atoms. The second kappa shape index (κ2) is 5.37. The average molecular weight is 265 g/mol. The van der Waals surface area contributed by atoms with E-state index in [-0.39, 0.29) is 0 Å². The fourth-order valence-corrected chi connectivity index (χ4v) is 4.57. The van der Waals surface area contributed by atoms with Gasteiger partial charge in [-0.2, -0.15) is 0 Å². The second-order valence-corrected chi connectivity index (χ2v) is 7.86. The van der Waals surface area contributed by atoms with Gasteiger partial charge < -0.3 is 10.1 Å². The van der Waals surface area contributed by atoms with E-state index in [9.17, 15) is 0 Å². The fourth-order valence-electron chi connectivity index (χ4n) is 4.57. The summed E-state index contributed by atoms with van der Waals surface area (Å²) in [4.78, 5) is 0. The first-order valence-corrected chi connectivity index (χ1v) is 8.51. The van der Waals surface area contributed by atoms with Crippen molar-refractivity contribution >= 4 is 0 Å². The van der Waals surface area contributed by atoms with E-state index in [0.717, 1.165) is 6.54 Å². The van der Waals surface area contributed by atoms with Crippen LogP contribution in [0.4, 0.5) is 0 Å². The molecule has 3 rings (SSSR count). The van der Waals surface area contributed by atoms with E-state index >= 15 is 0 Å². The normalized spacial score (nSPS) is 36.9. The highest BCUT2D eigenvalue weighted by Crippen LogP contribution is 2.43. The third kappa shape index (κ3) is 3.00. The summed E-state index contributed by atoms with van der Waals surface area (Å²) in [5, 5.41) is 3.84. The Balaban J connectivity index is 1.47. The van der Waals surface area contributed by atoms with E-state index in [4.69, 9.17) is 4.74 Å². The minimum atomic E-state index is 0.300. The summed E-state index contributed by atoms with van der Waals surface area (Å²) in [6, 6.07) is 0.699. The lowest BCUT2D eigenvalue weighted by molar-refractivity contribution is -0.0377. The first kappa shape index (κ1) is 13.9. The third-order valence-electron chi connectivity index (χ3n) is 5.95. The zero-order valence-corrected chi connectivity index (χ0v) is 12.8. The maximum absolute atomic E-state index is 6.41. The average Bonchev–Trinajstić information content (AvgIpc) is 2.99. The molecule has 2 atom stereocenters. The Morgan fingerprint density at radius 3 is 2.42 bits per heavy atom. The lowest BCUT2D eigenvalue weighted by atomic mass is 9.73. The highest BCUT2D eigenvalue weighted by atomic mass is 16.5. The van der Waals surface area contributed by atoms with Gasteiger partial charge in [0.25, 0.3) is 0 Å². The highest BCUT2D eigenvalue weighted by Gasteiger charge is 2.42. The standard InChI is InChI=1S/C17H31NO/c1-16(2)9-4-3-7-15(16)18-13-14-8-12-17(19-14)10-5-6-11-17/h14-15,18H,3-13H2,1-2H3. The molecule has 1 spiro atoms. The van der Waals surface area contributed by atoms with Crippen LogP contribution in [-0.2, 0) is 4.74 Å². The molecule has 3 fully saturated rings. The molecule has 2 heteroatoms. The van der Waals surface area contributed by atoms with Crippen LogP contribution in [0.5, 0.6) is 0 Å². The number of nitrogens with one attached hydrogen (secondary N) is 1. The molecule has 1 aliphatic heterocycles. The molecule has 0 amide bonds. The van der Waals surface area contributed by atoms with Crippen LogP contribution in [0.3, 0.4) is 0 Å². The first-order chi connectivity index (χ1) is 9.10. The Labute approximate surface area is 118 Å². The van der Waals surface area contributed by atoms with Crippen LogP contribution in [-0.4, -0.2) is 24.3 Å². The van der Waals surface area contributed by atoms with E-state index in [0.29, 0.717) is 23.2 Å². The molecule has 0 aromatic carbocycles. The van der Waals surface area contributed by atoms with Crippen molar-refractivity contribution in [2.75, 3.05) is 6.54 Å². The van der Waals surface area contributed by atoms with Gasteiger partial charge in [0.2, 0.25) is 0 Å². The molecule has 0 aromatic heterocycles. The molecule has 0 aromatic rings. The molecule has 2 nitrogen and oxygen atoms in total. The summed E-state index contributed by atoms with van der Waals surface area (Å²) >= 11 is 0. The van der Waals surface area contributed by atoms with Gasteiger partial charge in [-0.05, 0) is 43.9 Å². The molecule has 0 bridgehead atoms. The van der Waals surface area contributed by atoms with E-state index in [1.807, 2.05) is 0 Å². The largest absolute Gasteiger partial charge is 0.370 e. The summed E-state index contributed by atoms with van der Waals surface area (Å²) in [6.45, 7) is 5.94. The van der Waals surface area contributed by atoms with E-state index in [1.165, 1.54) is 64.2 Å². The quantitative estimate of drug-likeness (QED) is 0.831. The number of rotatable bonds is 3. The molecular weight excluding hydrogens is 234 g/mol. The van der Waals surface area contributed by atoms with Crippen LogP contribution < -0.4 is 5.32 Å². The zero-order chi connectivity index (χ0) is 13.3. The van der Waals surface area contributed by atoms with E-state index in [1.54, 1.807) is 0 Å². The van der Waals surface area contributed by atoms with Gasteiger partial charge in [0.15, 0.2) is 0 Å². The van der Waals surface area contributed by atoms with Gasteiger partial charge in [-0.25, -0.2) is 0 Å². The van der Waals surface area contributed by atoms with Crippen LogP contribution in [0.15, 0.2) is 0 Å². The summed E-state index contributed by atoms with van der Waals surface area (Å²) in [5.74, 6) is 0. The number of hydrogen-bond donors (Lipinski definition) is 1. The number of hydrogen-bond acceptors (Lipinski definition) is 2. The summed E-state index contributed by atoms with van der Waals surface area (Å²) < 4.78 is 6.41. The third-order valence-corrected chi connectivity index (χ3v) is 5.95. The van der Waals surface area contributed by atoms with Crippen molar-refractivity contribution in [2.45, 2.75) is 95.8 Å². The van der Waals surface area contributed by atoms with Crippen LogP contribution >= 0.6 is 0 Å².